The lowest BCUT2D eigenvalue weighted by atomic mass is 10.2. The van der Waals surface area contributed by atoms with Crippen LogP contribution in [0.1, 0.15) is 42.0 Å². The van der Waals surface area contributed by atoms with Crippen LogP contribution in [0.15, 0.2) is 6.07 Å². The average Bonchev–Trinajstić information content (AvgIpc) is 2.63. The second-order valence-electron chi connectivity index (χ2n) is 4.74. The normalized spacial score (nSPS) is 12.4. The Hall–Kier alpha value is -0.870. The van der Waals surface area contributed by atoms with Crippen molar-refractivity contribution in [2.45, 2.75) is 53.1 Å². The molecule has 1 rings (SSSR count). The number of hydrogen-bond donors (Lipinski definition) is 2. The second-order valence-corrected chi connectivity index (χ2v) is 6.20. The Morgan fingerprint density at radius 1 is 1.44 bits per heavy atom. The summed E-state index contributed by atoms with van der Waals surface area (Å²) in [5.41, 5.74) is 1.35. The van der Waals surface area contributed by atoms with E-state index in [9.17, 15) is 4.79 Å². The predicted octanol–water partition coefficient (Wildman–Crippen LogP) is 2.76. The van der Waals surface area contributed by atoms with Gasteiger partial charge in [-0.15, -0.1) is 11.3 Å². The molecule has 3 nitrogen and oxygen atoms in total. The Morgan fingerprint density at radius 2 is 2.17 bits per heavy atom. The molecule has 0 saturated carbocycles. The Morgan fingerprint density at radius 3 is 2.72 bits per heavy atom. The zero-order valence-corrected chi connectivity index (χ0v) is 12.6. The van der Waals surface area contributed by atoms with Crippen LogP contribution in [0.2, 0.25) is 0 Å². The van der Waals surface area contributed by atoms with Crippen LogP contribution in [0.25, 0.3) is 0 Å². The number of thiophene rings is 1. The summed E-state index contributed by atoms with van der Waals surface area (Å²) < 4.78 is 0. The van der Waals surface area contributed by atoms with Gasteiger partial charge < -0.3 is 10.6 Å². The van der Waals surface area contributed by atoms with E-state index in [4.69, 9.17) is 0 Å². The first-order chi connectivity index (χ1) is 8.52. The van der Waals surface area contributed by atoms with Crippen LogP contribution in [0.4, 0.5) is 0 Å². The van der Waals surface area contributed by atoms with Crippen molar-refractivity contribution in [3.05, 3.63) is 21.4 Å². The highest BCUT2D eigenvalue weighted by Crippen LogP contribution is 2.20. The van der Waals surface area contributed by atoms with Gasteiger partial charge in [0.2, 0.25) is 5.91 Å². The standard InChI is InChI=1S/C14H24N2OS/c1-5-10(2)16-14(17)6-7-15-9-13-8-11(3)18-12(13)4/h8,10,15H,5-7,9H2,1-4H3,(H,16,17). The van der Waals surface area contributed by atoms with Crippen LogP contribution in [0, 0.1) is 13.8 Å². The van der Waals surface area contributed by atoms with E-state index in [-0.39, 0.29) is 11.9 Å². The van der Waals surface area contributed by atoms with Crippen LogP contribution in [-0.4, -0.2) is 18.5 Å². The molecule has 0 saturated heterocycles. The molecule has 0 fully saturated rings. The van der Waals surface area contributed by atoms with Crippen LogP contribution in [0.5, 0.6) is 0 Å². The molecular weight excluding hydrogens is 244 g/mol. The molecule has 102 valence electrons. The van der Waals surface area contributed by atoms with Crippen LogP contribution in [-0.2, 0) is 11.3 Å². The monoisotopic (exact) mass is 268 g/mol. The fourth-order valence-electron chi connectivity index (χ4n) is 1.73. The number of carbonyl (C=O) groups is 1. The van der Waals surface area contributed by atoms with Gasteiger partial charge in [-0.05, 0) is 38.8 Å². The highest BCUT2D eigenvalue weighted by Gasteiger charge is 2.05. The second kappa shape index (κ2) is 7.54. The molecule has 1 aromatic rings. The molecule has 0 aliphatic carbocycles. The maximum absolute atomic E-state index is 11.5. The molecule has 0 aliphatic rings. The molecule has 1 heterocycles. The van der Waals surface area contributed by atoms with Crippen molar-refractivity contribution in [1.82, 2.24) is 10.6 Å². The zero-order valence-electron chi connectivity index (χ0n) is 11.8. The van der Waals surface area contributed by atoms with Crippen molar-refractivity contribution in [3.8, 4) is 0 Å². The summed E-state index contributed by atoms with van der Waals surface area (Å²) in [4.78, 5) is 14.3. The van der Waals surface area contributed by atoms with Crippen molar-refractivity contribution in [1.29, 1.82) is 0 Å². The zero-order chi connectivity index (χ0) is 13.5. The van der Waals surface area contributed by atoms with Gasteiger partial charge in [-0.25, -0.2) is 0 Å². The lowest BCUT2D eigenvalue weighted by Crippen LogP contribution is -2.33. The van der Waals surface area contributed by atoms with E-state index < -0.39 is 0 Å². The molecule has 1 aromatic heterocycles. The lowest BCUT2D eigenvalue weighted by molar-refractivity contribution is -0.121. The van der Waals surface area contributed by atoms with Gasteiger partial charge in [0.25, 0.3) is 0 Å². The van der Waals surface area contributed by atoms with Crippen LogP contribution < -0.4 is 10.6 Å². The highest BCUT2D eigenvalue weighted by atomic mass is 32.1. The number of hydrogen-bond acceptors (Lipinski definition) is 3. The Balaban J connectivity index is 2.19. The lowest BCUT2D eigenvalue weighted by Gasteiger charge is -2.11. The van der Waals surface area contributed by atoms with E-state index in [1.165, 1.54) is 15.3 Å². The van der Waals surface area contributed by atoms with Crippen LogP contribution >= 0.6 is 11.3 Å². The molecule has 0 aromatic carbocycles. The third kappa shape index (κ3) is 5.19. The first kappa shape index (κ1) is 15.2. The fourth-order valence-corrected chi connectivity index (χ4v) is 2.68. The van der Waals surface area contributed by atoms with Crippen molar-refractivity contribution in [2.75, 3.05) is 6.54 Å². The molecule has 1 unspecified atom stereocenters. The van der Waals surface area contributed by atoms with E-state index in [1.54, 1.807) is 0 Å². The third-order valence-electron chi connectivity index (χ3n) is 3.01. The maximum Gasteiger partial charge on any atom is 0.221 e. The number of nitrogens with one attached hydrogen (secondary N) is 2. The van der Waals surface area contributed by atoms with Crippen molar-refractivity contribution < 1.29 is 4.79 Å². The molecule has 1 atom stereocenters. The van der Waals surface area contributed by atoms with E-state index >= 15 is 0 Å². The number of amides is 1. The summed E-state index contributed by atoms with van der Waals surface area (Å²) >= 11 is 1.83. The van der Waals surface area contributed by atoms with Crippen molar-refractivity contribution in [3.63, 3.8) is 0 Å². The SMILES string of the molecule is CCC(C)NC(=O)CCNCc1cc(C)sc1C. The van der Waals surface area contributed by atoms with E-state index in [0.717, 1.165) is 19.5 Å². The molecule has 0 aliphatic heterocycles. The first-order valence-corrected chi connectivity index (χ1v) is 7.40. The summed E-state index contributed by atoms with van der Waals surface area (Å²) in [6.07, 6.45) is 1.53. The minimum absolute atomic E-state index is 0.134. The van der Waals surface area contributed by atoms with Gasteiger partial charge in [0.1, 0.15) is 0 Å². The Labute approximate surface area is 114 Å². The van der Waals surface area contributed by atoms with Crippen molar-refractivity contribution >= 4 is 17.2 Å². The number of carbonyl (C=O) groups excluding carboxylic acids is 1. The van der Waals surface area contributed by atoms with Gasteiger partial charge in [-0.3, -0.25) is 4.79 Å². The van der Waals surface area contributed by atoms with E-state index in [1.807, 2.05) is 18.3 Å². The maximum atomic E-state index is 11.5. The topological polar surface area (TPSA) is 41.1 Å². The van der Waals surface area contributed by atoms with Crippen molar-refractivity contribution in [2.24, 2.45) is 0 Å². The minimum Gasteiger partial charge on any atom is -0.354 e. The first-order valence-electron chi connectivity index (χ1n) is 6.59. The molecule has 2 N–H and O–H groups in total. The summed E-state index contributed by atoms with van der Waals surface area (Å²) in [6, 6.07) is 2.49. The molecule has 1 amide bonds. The van der Waals surface area contributed by atoms with Gasteiger partial charge in [-0.1, -0.05) is 6.92 Å². The third-order valence-corrected chi connectivity index (χ3v) is 4.02. The molecule has 18 heavy (non-hydrogen) atoms. The highest BCUT2D eigenvalue weighted by molar-refractivity contribution is 7.12. The van der Waals surface area contributed by atoms with Gasteiger partial charge in [0.15, 0.2) is 0 Å². The number of aryl methyl sites for hydroxylation is 2. The predicted molar refractivity (Wildman–Crippen MR) is 78.0 cm³/mol. The van der Waals surface area contributed by atoms with Crippen LogP contribution in [0.3, 0.4) is 0 Å². The fraction of sp³-hybridized carbons (Fsp3) is 0.643. The summed E-state index contributed by atoms with van der Waals surface area (Å²) in [5.74, 6) is 0.134. The van der Waals surface area contributed by atoms with Gasteiger partial charge >= 0.3 is 0 Å². The molecule has 0 spiro atoms. The van der Waals surface area contributed by atoms with E-state index in [0.29, 0.717) is 6.42 Å². The molecule has 0 bridgehead atoms. The van der Waals surface area contributed by atoms with Gasteiger partial charge in [0.05, 0.1) is 0 Å². The molecular formula is C14H24N2OS. The smallest absolute Gasteiger partial charge is 0.221 e. The Bertz CT molecular complexity index is 387. The van der Waals surface area contributed by atoms with Gasteiger partial charge in [0, 0.05) is 35.3 Å². The summed E-state index contributed by atoms with van der Waals surface area (Å²) in [7, 11) is 0. The molecule has 0 radical (unpaired) electrons. The summed E-state index contributed by atoms with van der Waals surface area (Å²) in [6.45, 7) is 9.96. The minimum atomic E-state index is 0.134. The molecule has 4 heteroatoms. The largest absolute Gasteiger partial charge is 0.354 e. The van der Waals surface area contributed by atoms with Gasteiger partial charge in [-0.2, -0.15) is 0 Å². The quantitative estimate of drug-likeness (QED) is 0.747. The number of rotatable bonds is 7. The Kier molecular flexibility index (Phi) is 6.36. The summed E-state index contributed by atoms with van der Waals surface area (Å²) in [5, 5.41) is 6.29. The van der Waals surface area contributed by atoms with E-state index in [2.05, 4.69) is 37.5 Å². The average molecular weight is 268 g/mol.